The molecule has 6 atom stereocenters. The molecule has 3 aliphatic carbocycles. The molecule has 4 rings (SSSR count). The lowest BCUT2D eigenvalue weighted by atomic mass is 9.48. The molecule has 0 aromatic rings. The van der Waals surface area contributed by atoms with Gasteiger partial charge >= 0.3 is 0 Å². The van der Waals surface area contributed by atoms with Gasteiger partial charge in [-0.3, -0.25) is 9.59 Å². The summed E-state index contributed by atoms with van der Waals surface area (Å²) < 4.78 is 0. The van der Waals surface area contributed by atoms with Gasteiger partial charge in [-0.25, -0.2) is 0 Å². The zero-order valence-corrected chi connectivity index (χ0v) is 13.4. The second-order valence-electron chi connectivity index (χ2n) is 8.33. The lowest BCUT2D eigenvalue weighted by Crippen LogP contribution is -2.60. The molecular formula is C18H25NO3. The molecule has 120 valence electrons. The van der Waals surface area contributed by atoms with Crippen molar-refractivity contribution in [3.8, 4) is 0 Å². The Bertz CT molecular complexity index is 583. The highest BCUT2D eigenvalue weighted by atomic mass is 16.3. The number of nitrogens with one attached hydrogen (secondary N) is 1. The normalized spacial score (nSPS) is 50.6. The molecule has 3 fully saturated rings. The van der Waals surface area contributed by atoms with E-state index in [2.05, 4.69) is 19.2 Å². The Morgan fingerprint density at radius 2 is 2.05 bits per heavy atom. The zero-order chi connectivity index (χ0) is 15.7. The zero-order valence-electron chi connectivity index (χ0n) is 13.4. The molecule has 0 radical (unpaired) electrons. The van der Waals surface area contributed by atoms with Crippen molar-refractivity contribution in [3.63, 3.8) is 0 Å². The number of allylic oxidation sites excluding steroid dienone is 2. The third-order valence-corrected chi connectivity index (χ3v) is 7.12. The predicted octanol–water partition coefficient (Wildman–Crippen LogP) is 1.97. The third kappa shape index (κ3) is 1.79. The van der Waals surface area contributed by atoms with Crippen LogP contribution in [0.5, 0.6) is 0 Å². The maximum atomic E-state index is 12.0. The van der Waals surface area contributed by atoms with Crippen molar-refractivity contribution >= 4 is 11.7 Å². The number of hydrogen-bond acceptors (Lipinski definition) is 3. The Labute approximate surface area is 131 Å². The lowest BCUT2D eigenvalue weighted by molar-refractivity contribution is -0.122. The Balaban J connectivity index is 1.75. The minimum absolute atomic E-state index is 0.0663. The monoisotopic (exact) mass is 303 g/mol. The number of aliphatic hydroxyl groups is 1. The van der Waals surface area contributed by atoms with Crippen molar-refractivity contribution in [2.45, 2.75) is 64.0 Å². The number of ketones is 1. The van der Waals surface area contributed by atoms with Crippen LogP contribution in [-0.2, 0) is 9.59 Å². The van der Waals surface area contributed by atoms with Crippen LogP contribution in [0.15, 0.2) is 11.6 Å². The molecule has 1 heterocycles. The highest BCUT2D eigenvalue weighted by Gasteiger charge is 2.61. The number of hydrogen-bond donors (Lipinski definition) is 2. The van der Waals surface area contributed by atoms with E-state index in [1.807, 2.05) is 6.08 Å². The number of carbonyl (C=O) groups is 2. The van der Waals surface area contributed by atoms with E-state index in [9.17, 15) is 14.7 Å². The molecule has 0 spiro atoms. The summed E-state index contributed by atoms with van der Waals surface area (Å²) in [7, 11) is 0. The molecule has 1 saturated heterocycles. The molecule has 4 aliphatic rings. The van der Waals surface area contributed by atoms with Crippen LogP contribution in [0.2, 0.25) is 0 Å². The van der Waals surface area contributed by atoms with E-state index >= 15 is 0 Å². The van der Waals surface area contributed by atoms with Gasteiger partial charge in [-0.15, -0.1) is 0 Å². The Hall–Kier alpha value is -1.16. The molecule has 0 aromatic carbocycles. The van der Waals surface area contributed by atoms with E-state index in [1.165, 1.54) is 5.57 Å². The fourth-order valence-corrected chi connectivity index (χ4v) is 6.12. The van der Waals surface area contributed by atoms with Crippen LogP contribution in [0, 0.1) is 23.2 Å². The van der Waals surface area contributed by atoms with Crippen LogP contribution in [0.1, 0.15) is 52.4 Å². The summed E-state index contributed by atoms with van der Waals surface area (Å²) in [5, 5.41) is 14.0. The average molecular weight is 303 g/mol. The summed E-state index contributed by atoms with van der Waals surface area (Å²) in [6.45, 7) is 4.33. The molecule has 0 aromatic heterocycles. The van der Waals surface area contributed by atoms with Crippen molar-refractivity contribution in [1.29, 1.82) is 0 Å². The van der Waals surface area contributed by atoms with Gasteiger partial charge < -0.3 is 10.4 Å². The summed E-state index contributed by atoms with van der Waals surface area (Å²) in [5.74, 6) is 1.25. The van der Waals surface area contributed by atoms with Gasteiger partial charge in [0, 0.05) is 18.4 Å². The van der Waals surface area contributed by atoms with Crippen molar-refractivity contribution in [2.75, 3.05) is 0 Å². The molecule has 3 unspecified atom stereocenters. The van der Waals surface area contributed by atoms with Crippen LogP contribution in [-0.4, -0.2) is 28.4 Å². The number of amides is 1. The SMILES string of the molecule is C[C@]12CCC(=O)C=C1CCC1C2[C@@H](O)C[C@]2(C)NC(=O)CC12. The molecule has 22 heavy (non-hydrogen) atoms. The maximum Gasteiger partial charge on any atom is 0.220 e. The molecular weight excluding hydrogens is 278 g/mol. The topological polar surface area (TPSA) is 66.4 Å². The van der Waals surface area contributed by atoms with Crippen molar-refractivity contribution < 1.29 is 14.7 Å². The molecule has 0 bridgehead atoms. The van der Waals surface area contributed by atoms with Crippen LogP contribution >= 0.6 is 0 Å². The number of aliphatic hydroxyl groups excluding tert-OH is 1. The quantitative estimate of drug-likeness (QED) is 0.719. The van der Waals surface area contributed by atoms with E-state index < -0.39 is 6.10 Å². The first-order valence-electron chi connectivity index (χ1n) is 8.56. The molecule has 4 heteroatoms. The molecule has 1 aliphatic heterocycles. The Morgan fingerprint density at radius 3 is 2.82 bits per heavy atom. The molecule has 2 saturated carbocycles. The minimum Gasteiger partial charge on any atom is -0.393 e. The third-order valence-electron chi connectivity index (χ3n) is 7.12. The standard InChI is InChI=1S/C18H25NO3/c1-17-6-5-11(20)7-10(17)3-4-12-13-8-15(22)19-18(13,2)9-14(21)16(12)17/h7,12-14,16,21H,3-6,8-9H2,1-2H3,(H,19,22)/t12?,13?,14-,16?,17-,18-/m0/s1. The fourth-order valence-electron chi connectivity index (χ4n) is 6.12. The average Bonchev–Trinajstić information content (AvgIpc) is 2.73. The van der Waals surface area contributed by atoms with Crippen LogP contribution in [0.4, 0.5) is 0 Å². The smallest absolute Gasteiger partial charge is 0.220 e. The number of rotatable bonds is 0. The van der Waals surface area contributed by atoms with Gasteiger partial charge in [-0.1, -0.05) is 12.5 Å². The van der Waals surface area contributed by atoms with Gasteiger partial charge in [-0.05, 0) is 61.9 Å². The van der Waals surface area contributed by atoms with Gasteiger partial charge in [0.15, 0.2) is 5.78 Å². The Morgan fingerprint density at radius 1 is 1.27 bits per heavy atom. The summed E-state index contributed by atoms with van der Waals surface area (Å²) >= 11 is 0. The van der Waals surface area contributed by atoms with E-state index in [-0.39, 0.29) is 28.6 Å². The molecule has 4 nitrogen and oxygen atoms in total. The van der Waals surface area contributed by atoms with Gasteiger partial charge in [0.05, 0.1) is 6.10 Å². The summed E-state index contributed by atoms with van der Waals surface area (Å²) in [6.07, 6.45) is 6.06. The van der Waals surface area contributed by atoms with Crippen molar-refractivity contribution in [2.24, 2.45) is 23.2 Å². The van der Waals surface area contributed by atoms with E-state index in [0.717, 1.165) is 19.3 Å². The van der Waals surface area contributed by atoms with E-state index in [0.29, 0.717) is 31.1 Å². The predicted molar refractivity (Wildman–Crippen MR) is 81.9 cm³/mol. The van der Waals surface area contributed by atoms with E-state index in [4.69, 9.17) is 0 Å². The summed E-state index contributed by atoms with van der Waals surface area (Å²) in [5.41, 5.74) is 0.924. The maximum absolute atomic E-state index is 12.0. The van der Waals surface area contributed by atoms with Crippen LogP contribution in [0.3, 0.4) is 0 Å². The number of carbonyl (C=O) groups excluding carboxylic acids is 2. The van der Waals surface area contributed by atoms with Crippen molar-refractivity contribution in [3.05, 3.63) is 11.6 Å². The molecule has 2 N–H and O–H groups in total. The summed E-state index contributed by atoms with van der Waals surface area (Å²) in [6, 6.07) is 0. The van der Waals surface area contributed by atoms with Crippen molar-refractivity contribution in [1.82, 2.24) is 5.32 Å². The minimum atomic E-state index is -0.397. The highest BCUT2D eigenvalue weighted by Crippen LogP contribution is 2.61. The Kier molecular flexibility index (Phi) is 2.91. The summed E-state index contributed by atoms with van der Waals surface area (Å²) in [4.78, 5) is 23.7. The fraction of sp³-hybridized carbons (Fsp3) is 0.778. The largest absolute Gasteiger partial charge is 0.393 e. The van der Waals surface area contributed by atoms with Gasteiger partial charge in [0.2, 0.25) is 5.91 Å². The van der Waals surface area contributed by atoms with Crippen LogP contribution in [0.25, 0.3) is 0 Å². The molecule has 1 amide bonds. The first-order chi connectivity index (χ1) is 10.3. The van der Waals surface area contributed by atoms with E-state index in [1.54, 1.807) is 0 Å². The first kappa shape index (κ1) is 14.4. The van der Waals surface area contributed by atoms with Gasteiger partial charge in [0.25, 0.3) is 0 Å². The lowest BCUT2D eigenvalue weighted by Gasteiger charge is -2.58. The van der Waals surface area contributed by atoms with Gasteiger partial charge in [-0.2, -0.15) is 0 Å². The number of fused-ring (bicyclic) bond motifs is 5. The first-order valence-corrected chi connectivity index (χ1v) is 8.56. The van der Waals surface area contributed by atoms with Crippen LogP contribution < -0.4 is 5.32 Å². The second kappa shape index (κ2) is 4.44. The highest BCUT2D eigenvalue weighted by molar-refractivity contribution is 5.91. The second-order valence-corrected chi connectivity index (χ2v) is 8.33. The van der Waals surface area contributed by atoms with Gasteiger partial charge in [0.1, 0.15) is 0 Å².